The molecule has 1 aromatic carbocycles. The van der Waals surface area contributed by atoms with Gasteiger partial charge in [0.1, 0.15) is 5.58 Å². The zero-order chi connectivity index (χ0) is 17.4. The molecule has 1 aliphatic rings. The van der Waals surface area contributed by atoms with Crippen molar-refractivity contribution in [3.8, 4) is 0 Å². The van der Waals surface area contributed by atoms with E-state index in [1.54, 1.807) is 29.7 Å². The molecule has 1 fully saturated rings. The van der Waals surface area contributed by atoms with Crippen LogP contribution < -0.4 is 10.5 Å². The lowest BCUT2D eigenvalue weighted by molar-refractivity contribution is 0.385. The second-order valence-corrected chi connectivity index (χ2v) is 8.47. The molecule has 130 valence electrons. The fourth-order valence-corrected chi connectivity index (χ4v) is 5.01. The maximum Gasteiger partial charge on any atom is 0.336 e. The summed E-state index contributed by atoms with van der Waals surface area (Å²) in [7, 11) is -3.59. The summed E-state index contributed by atoms with van der Waals surface area (Å²) in [6.07, 6.45) is 1.75. The Morgan fingerprint density at radius 2 is 1.88 bits per heavy atom. The molecule has 0 atom stereocenters. The van der Waals surface area contributed by atoms with Crippen LogP contribution in [0.3, 0.4) is 0 Å². The highest BCUT2D eigenvalue weighted by Gasteiger charge is 2.29. The molecule has 0 unspecified atom stereocenters. The van der Waals surface area contributed by atoms with Gasteiger partial charge in [-0.1, -0.05) is 0 Å². The van der Waals surface area contributed by atoms with Gasteiger partial charge in [0.05, 0.1) is 4.90 Å². The van der Waals surface area contributed by atoms with Crippen molar-refractivity contribution in [1.82, 2.24) is 9.29 Å². The Balaban J connectivity index is 1.57. The van der Waals surface area contributed by atoms with E-state index in [0.717, 1.165) is 5.13 Å². The zero-order valence-electron chi connectivity index (χ0n) is 13.2. The number of sulfonamides is 1. The summed E-state index contributed by atoms with van der Waals surface area (Å²) in [5.74, 6) is 0. The molecular weight excluding hydrogens is 362 g/mol. The number of hydrogen-bond acceptors (Lipinski definition) is 7. The average Bonchev–Trinajstić information content (AvgIpc) is 3.16. The van der Waals surface area contributed by atoms with Crippen LogP contribution in [0.4, 0.5) is 5.13 Å². The molecule has 0 amide bonds. The molecule has 3 aromatic rings. The fraction of sp³-hybridized carbons (Fsp3) is 0.250. The lowest BCUT2D eigenvalue weighted by Crippen LogP contribution is -2.48. The van der Waals surface area contributed by atoms with Gasteiger partial charge in [0.25, 0.3) is 0 Å². The predicted octanol–water partition coefficient (Wildman–Crippen LogP) is 1.76. The lowest BCUT2D eigenvalue weighted by atomic mass is 10.2. The van der Waals surface area contributed by atoms with E-state index >= 15 is 0 Å². The fourth-order valence-electron chi connectivity index (χ4n) is 2.85. The van der Waals surface area contributed by atoms with Crippen molar-refractivity contribution in [2.45, 2.75) is 4.90 Å². The Kier molecular flexibility index (Phi) is 4.06. The van der Waals surface area contributed by atoms with Gasteiger partial charge in [0.2, 0.25) is 10.0 Å². The van der Waals surface area contributed by atoms with Gasteiger partial charge in [-0.25, -0.2) is 18.2 Å². The minimum absolute atomic E-state index is 0.205. The van der Waals surface area contributed by atoms with E-state index in [1.807, 2.05) is 5.38 Å². The number of anilines is 1. The van der Waals surface area contributed by atoms with Crippen LogP contribution in [0.5, 0.6) is 0 Å². The molecule has 1 aliphatic heterocycles. The average molecular weight is 377 g/mol. The first-order chi connectivity index (χ1) is 12.0. The minimum Gasteiger partial charge on any atom is -0.423 e. The predicted molar refractivity (Wildman–Crippen MR) is 95.6 cm³/mol. The lowest BCUT2D eigenvalue weighted by Gasteiger charge is -2.33. The van der Waals surface area contributed by atoms with Crippen LogP contribution in [0.1, 0.15) is 0 Å². The molecule has 0 radical (unpaired) electrons. The van der Waals surface area contributed by atoms with Crippen molar-refractivity contribution in [2.24, 2.45) is 0 Å². The summed E-state index contributed by atoms with van der Waals surface area (Å²) < 4.78 is 32.3. The van der Waals surface area contributed by atoms with E-state index in [2.05, 4.69) is 9.88 Å². The summed E-state index contributed by atoms with van der Waals surface area (Å²) >= 11 is 1.55. The summed E-state index contributed by atoms with van der Waals surface area (Å²) in [4.78, 5) is 17.8. The number of rotatable bonds is 3. The van der Waals surface area contributed by atoms with Crippen LogP contribution in [0.25, 0.3) is 11.0 Å². The molecule has 0 saturated carbocycles. The molecule has 1 saturated heterocycles. The van der Waals surface area contributed by atoms with Crippen LogP contribution >= 0.6 is 11.3 Å². The van der Waals surface area contributed by atoms with Gasteiger partial charge in [-0.3, -0.25) is 0 Å². The number of piperazine rings is 1. The Morgan fingerprint density at radius 1 is 1.08 bits per heavy atom. The quantitative estimate of drug-likeness (QED) is 0.647. The van der Waals surface area contributed by atoms with Crippen LogP contribution in [0.2, 0.25) is 0 Å². The Bertz CT molecular complexity index is 1050. The van der Waals surface area contributed by atoms with Gasteiger partial charge >= 0.3 is 5.63 Å². The molecule has 0 bridgehead atoms. The molecule has 3 heterocycles. The third-order valence-electron chi connectivity index (χ3n) is 4.16. The summed E-state index contributed by atoms with van der Waals surface area (Å²) in [6, 6.07) is 7.40. The number of benzene rings is 1. The number of hydrogen-bond donors (Lipinski definition) is 0. The maximum atomic E-state index is 12.9. The molecule has 7 nitrogen and oxygen atoms in total. The van der Waals surface area contributed by atoms with E-state index in [4.69, 9.17) is 4.42 Å². The number of fused-ring (bicyclic) bond motifs is 1. The Morgan fingerprint density at radius 3 is 2.60 bits per heavy atom. The van der Waals surface area contributed by atoms with E-state index in [0.29, 0.717) is 37.1 Å². The molecule has 0 spiro atoms. The van der Waals surface area contributed by atoms with Gasteiger partial charge < -0.3 is 9.32 Å². The number of aromatic nitrogens is 1. The van der Waals surface area contributed by atoms with Gasteiger partial charge in [-0.15, -0.1) is 11.3 Å². The highest BCUT2D eigenvalue weighted by atomic mass is 32.2. The first-order valence-corrected chi connectivity index (χ1v) is 10.0. The number of thiazole rings is 1. The van der Waals surface area contributed by atoms with Crippen LogP contribution in [-0.2, 0) is 10.0 Å². The van der Waals surface area contributed by atoms with E-state index < -0.39 is 15.6 Å². The molecule has 25 heavy (non-hydrogen) atoms. The van der Waals surface area contributed by atoms with Crippen LogP contribution in [0.15, 0.2) is 56.0 Å². The standard InChI is InChI=1S/C16H15N3O4S2/c20-15-4-1-12-11-13(2-3-14(12)23-15)25(21,22)19-8-6-18(7-9-19)16-17-5-10-24-16/h1-5,10-11H,6-9H2. The van der Waals surface area contributed by atoms with Crippen LogP contribution in [-0.4, -0.2) is 43.9 Å². The van der Waals surface area contributed by atoms with Gasteiger partial charge in [0, 0.05) is 49.2 Å². The molecule has 2 aromatic heterocycles. The molecule has 4 rings (SSSR count). The highest BCUT2D eigenvalue weighted by Crippen LogP contribution is 2.24. The summed E-state index contributed by atoms with van der Waals surface area (Å²) in [5, 5.41) is 3.41. The van der Waals surface area contributed by atoms with E-state index in [9.17, 15) is 13.2 Å². The van der Waals surface area contributed by atoms with Gasteiger partial charge in [0.15, 0.2) is 5.13 Å². The van der Waals surface area contributed by atoms with Gasteiger partial charge in [-0.05, 0) is 24.3 Å². The van der Waals surface area contributed by atoms with E-state index in [1.165, 1.54) is 22.5 Å². The van der Waals surface area contributed by atoms with Crippen molar-refractivity contribution < 1.29 is 12.8 Å². The van der Waals surface area contributed by atoms with Crippen molar-refractivity contribution >= 4 is 37.5 Å². The van der Waals surface area contributed by atoms with Crippen molar-refractivity contribution in [3.63, 3.8) is 0 Å². The second-order valence-electron chi connectivity index (χ2n) is 5.66. The van der Waals surface area contributed by atoms with E-state index in [-0.39, 0.29) is 4.90 Å². The molecule has 9 heteroatoms. The topological polar surface area (TPSA) is 83.7 Å². The Hall–Kier alpha value is -2.23. The normalized spacial score (nSPS) is 16.4. The smallest absolute Gasteiger partial charge is 0.336 e. The SMILES string of the molecule is O=c1ccc2cc(S(=O)(=O)N3CCN(c4nccs4)CC3)ccc2o1. The maximum absolute atomic E-state index is 12.9. The second kappa shape index (κ2) is 6.25. The first kappa shape index (κ1) is 16.2. The summed E-state index contributed by atoms with van der Waals surface area (Å²) in [6.45, 7) is 2.03. The monoisotopic (exact) mass is 377 g/mol. The minimum atomic E-state index is -3.59. The van der Waals surface area contributed by atoms with Crippen molar-refractivity contribution in [1.29, 1.82) is 0 Å². The van der Waals surface area contributed by atoms with Crippen LogP contribution in [0, 0.1) is 0 Å². The molecule has 0 N–H and O–H groups in total. The first-order valence-electron chi connectivity index (χ1n) is 7.72. The third kappa shape index (κ3) is 3.06. The largest absolute Gasteiger partial charge is 0.423 e. The molecular formula is C16H15N3O4S2. The third-order valence-corrected chi connectivity index (χ3v) is 6.88. The zero-order valence-corrected chi connectivity index (χ0v) is 14.8. The molecule has 0 aliphatic carbocycles. The highest BCUT2D eigenvalue weighted by molar-refractivity contribution is 7.89. The van der Waals surface area contributed by atoms with Gasteiger partial charge in [-0.2, -0.15) is 4.31 Å². The van der Waals surface area contributed by atoms with Crippen molar-refractivity contribution in [2.75, 3.05) is 31.1 Å². The van der Waals surface area contributed by atoms with Crippen molar-refractivity contribution in [3.05, 3.63) is 52.3 Å². The summed E-state index contributed by atoms with van der Waals surface area (Å²) in [5.41, 5.74) is -0.0820. The Labute approximate surface area is 148 Å². The number of nitrogens with zero attached hydrogens (tertiary/aromatic N) is 3.